The number of rotatable bonds is 41. The van der Waals surface area contributed by atoms with E-state index < -0.39 is 83.7 Å². The van der Waals surface area contributed by atoms with Crippen molar-refractivity contribution in [1.82, 2.24) is 9.55 Å². The van der Waals surface area contributed by atoms with E-state index >= 15 is 0 Å². The fraction of sp³-hybridized carbons (Fsp3) is 0.714. The number of aliphatic hydroxyl groups is 3. The van der Waals surface area contributed by atoms with Crippen molar-refractivity contribution in [2.75, 3.05) is 32.2 Å². The third-order valence-corrected chi connectivity index (χ3v) is 13.8. The number of phosphoric ester groups is 2. The average molecular weight is 1030 g/mol. The molecule has 70 heavy (non-hydrogen) atoms. The molecule has 19 nitrogen and oxygen atoms in total. The van der Waals surface area contributed by atoms with Crippen molar-refractivity contribution in [2.45, 2.75) is 192 Å². The molecule has 0 radical (unpaired) electrons. The molecule has 0 bridgehead atoms. The van der Waals surface area contributed by atoms with Crippen LogP contribution in [0, 0.1) is 5.92 Å². The van der Waals surface area contributed by atoms with Crippen molar-refractivity contribution in [3.05, 3.63) is 71.4 Å². The minimum absolute atomic E-state index is 0.0332. The first-order valence-corrected chi connectivity index (χ1v) is 28.1. The molecule has 7 atom stereocenters. The highest BCUT2D eigenvalue weighted by molar-refractivity contribution is 7.61. The number of carbonyl (C=O) groups is 2. The Morgan fingerprint density at radius 1 is 0.729 bits per heavy atom. The van der Waals surface area contributed by atoms with Gasteiger partial charge >= 0.3 is 33.3 Å². The molecule has 0 amide bonds. The topological polar surface area (TPSA) is 286 Å². The number of nitrogens with zero attached hydrogens (tertiary/aromatic N) is 2. The molecule has 0 aliphatic carbocycles. The number of nitrogen functional groups attached to an aromatic ring is 1. The van der Waals surface area contributed by atoms with Crippen LogP contribution in [0.25, 0.3) is 0 Å². The lowest BCUT2D eigenvalue weighted by Crippen LogP contribution is -2.36. The summed E-state index contributed by atoms with van der Waals surface area (Å²) < 4.78 is 56.7. The van der Waals surface area contributed by atoms with Crippen LogP contribution in [0.5, 0.6) is 0 Å². The fourth-order valence-corrected chi connectivity index (χ4v) is 9.34. The maximum Gasteiger partial charge on any atom is 0.481 e. The number of carbonyl (C=O) groups excluding carboxylic acids is 2. The minimum Gasteiger partial charge on any atom is -0.462 e. The van der Waals surface area contributed by atoms with Gasteiger partial charge in [0.25, 0.3) is 0 Å². The third kappa shape index (κ3) is 30.5. The molecule has 1 saturated heterocycles. The highest BCUT2D eigenvalue weighted by Gasteiger charge is 2.46. The first kappa shape index (κ1) is 62.8. The molecule has 2 rings (SSSR count). The summed E-state index contributed by atoms with van der Waals surface area (Å²) in [4.78, 5) is 61.8. The third-order valence-electron chi connectivity index (χ3n) is 11.1. The van der Waals surface area contributed by atoms with Crippen LogP contribution < -0.4 is 11.4 Å². The average Bonchev–Trinajstić information content (AvgIpc) is 3.58. The predicted octanol–water partition coefficient (Wildman–Crippen LogP) is 9.00. The van der Waals surface area contributed by atoms with E-state index in [1.54, 1.807) is 0 Å². The predicted molar refractivity (Wildman–Crippen MR) is 267 cm³/mol. The van der Waals surface area contributed by atoms with Crippen LogP contribution in [0.4, 0.5) is 5.82 Å². The smallest absolute Gasteiger partial charge is 0.462 e. The van der Waals surface area contributed by atoms with E-state index in [1.807, 2.05) is 12.2 Å². The highest BCUT2D eigenvalue weighted by atomic mass is 31.3. The van der Waals surface area contributed by atoms with Gasteiger partial charge in [0, 0.05) is 25.6 Å². The molecular formula is C49H83N3O16P2. The van der Waals surface area contributed by atoms with E-state index in [2.05, 4.69) is 59.6 Å². The fourth-order valence-electron chi connectivity index (χ4n) is 7.23. The van der Waals surface area contributed by atoms with Crippen LogP contribution in [0.15, 0.2) is 65.7 Å². The maximum atomic E-state index is 12.8. The summed E-state index contributed by atoms with van der Waals surface area (Å²) in [6.07, 6.45) is 30.8. The Kier molecular flexibility index (Phi) is 33.6. The molecule has 1 aromatic rings. The Morgan fingerprint density at radius 2 is 1.26 bits per heavy atom. The van der Waals surface area contributed by atoms with Crippen LogP contribution in [-0.2, 0) is 46.3 Å². The van der Waals surface area contributed by atoms with Gasteiger partial charge in [0.2, 0.25) is 0 Å². The number of esters is 2. The molecule has 0 spiro atoms. The molecule has 7 N–H and O–H groups in total. The zero-order chi connectivity index (χ0) is 51.5. The van der Waals surface area contributed by atoms with Gasteiger partial charge in [-0.05, 0) is 69.8 Å². The lowest BCUT2D eigenvalue weighted by molar-refractivity contribution is -0.161. The molecule has 1 aromatic heterocycles. The van der Waals surface area contributed by atoms with Gasteiger partial charge in [0.15, 0.2) is 12.3 Å². The van der Waals surface area contributed by atoms with Crippen LogP contribution in [-0.4, -0.2) is 97.4 Å². The van der Waals surface area contributed by atoms with E-state index in [4.69, 9.17) is 34.1 Å². The van der Waals surface area contributed by atoms with Crippen LogP contribution >= 0.6 is 15.6 Å². The van der Waals surface area contributed by atoms with Gasteiger partial charge in [-0.1, -0.05) is 140 Å². The van der Waals surface area contributed by atoms with Gasteiger partial charge in [0.1, 0.15) is 30.7 Å². The summed E-state index contributed by atoms with van der Waals surface area (Å²) in [7, 11) is -10.9. The molecule has 1 aliphatic heterocycles. The number of aromatic nitrogens is 2. The van der Waals surface area contributed by atoms with Crippen molar-refractivity contribution in [2.24, 2.45) is 5.92 Å². The van der Waals surface area contributed by atoms with Crippen LogP contribution in [0.3, 0.4) is 0 Å². The Labute approximate surface area is 414 Å². The molecular weight excluding hydrogens is 948 g/mol. The van der Waals surface area contributed by atoms with E-state index in [0.717, 1.165) is 87.3 Å². The summed E-state index contributed by atoms with van der Waals surface area (Å²) in [5.74, 6) is -0.624. The van der Waals surface area contributed by atoms with Crippen molar-refractivity contribution in [3.8, 4) is 0 Å². The first-order valence-electron chi connectivity index (χ1n) is 25.1. The first-order chi connectivity index (χ1) is 33.5. The maximum absolute atomic E-state index is 12.8. The molecule has 1 fully saturated rings. The molecule has 1 aliphatic rings. The zero-order valence-corrected chi connectivity index (χ0v) is 43.2. The van der Waals surface area contributed by atoms with E-state index in [9.17, 15) is 43.5 Å². The number of allylic oxidation sites excluding steroid dienone is 8. The molecule has 2 heterocycles. The molecule has 2 unspecified atom stereocenters. The van der Waals surface area contributed by atoms with Gasteiger partial charge < -0.3 is 45.1 Å². The largest absolute Gasteiger partial charge is 0.481 e. The normalized spacial score (nSPS) is 19.7. The van der Waals surface area contributed by atoms with Gasteiger partial charge in [0.05, 0.1) is 13.2 Å². The monoisotopic (exact) mass is 1030 g/mol. The second kappa shape index (κ2) is 37.4. The number of unbranched alkanes of at least 4 members (excludes halogenated alkanes) is 14. The Hall–Kier alpha value is -3.32. The summed E-state index contributed by atoms with van der Waals surface area (Å²) in [6, 6.07) is 1.24. The number of hydrogen-bond donors (Lipinski definition) is 6. The standard InChI is InChI=1S/C49H83N3O16P2/c1-40(2)31-27-23-19-15-11-10-13-17-21-25-29-33-45(55)66-41(37-63-44(54)32-28-24-20-16-12-8-6-4-3-5-7-9-14-18-22-26-30-36-53)38-64-69(59,60)68-70(61,62)65-39-42-46(56)47(57)48(67-42)52-35-34-43(50)51-49(52)58/h3,5-6,8-9,14,16,20,34-35,40-42,46-48,53,56-57H,4,7,10-13,15,17-19,21-33,36-39H2,1-2H3,(H,59,60)(H,61,62)(H2,50,51,58)/b5-3-,8-6-,14-9-,20-16-/t41-,42-,46-,47-,48-/m1/s1. The summed E-state index contributed by atoms with van der Waals surface area (Å²) in [5.41, 5.74) is 4.58. The zero-order valence-electron chi connectivity index (χ0n) is 41.4. The SMILES string of the molecule is CC(C)CCCCCCCCCCCCCC(=O)O[C@H](COC(=O)CCC/C=C\C/C=C\C/C=C\C/C=C\CCCCCO)COP(=O)(O)OP(=O)(O)OC[C@H]1O[C@@H](n2ccc(N)nc2=O)[C@H](O)[C@@H]1O. The Balaban J connectivity index is 1.82. The van der Waals surface area contributed by atoms with E-state index in [0.29, 0.717) is 19.3 Å². The molecule has 21 heteroatoms. The van der Waals surface area contributed by atoms with Crippen LogP contribution in [0.2, 0.25) is 0 Å². The van der Waals surface area contributed by atoms with Crippen molar-refractivity contribution in [1.29, 1.82) is 0 Å². The second-order valence-electron chi connectivity index (χ2n) is 17.9. The van der Waals surface area contributed by atoms with E-state index in [-0.39, 0.29) is 25.3 Å². The van der Waals surface area contributed by atoms with Crippen molar-refractivity contribution in [3.63, 3.8) is 0 Å². The molecule has 0 saturated carbocycles. The van der Waals surface area contributed by atoms with E-state index in [1.165, 1.54) is 51.0 Å². The number of nitrogens with two attached hydrogens (primary N) is 1. The summed E-state index contributed by atoms with van der Waals surface area (Å²) >= 11 is 0. The van der Waals surface area contributed by atoms with Gasteiger partial charge in [-0.2, -0.15) is 9.29 Å². The summed E-state index contributed by atoms with van der Waals surface area (Å²) in [6.45, 7) is 2.39. The Morgan fingerprint density at radius 3 is 1.84 bits per heavy atom. The van der Waals surface area contributed by atoms with Crippen molar-refractivity contribution < 1.29 is 71.4 Å². The minimum atomic E-state index is -5.44. The quantitative estimate of drug-likeness (QED) is 0.0154. The van der Waals surface area contributed by atoms with Crippen LogP contribution in [0.1, 0.15) is 168 Å². The lowest BCUT2D eigenvalue weighted by atomic mass is 10.0. The molecule has 0 aromatic carbocycles. The number of ether oxygens (including phenoxy) is 3. The second-order valence-corrected chi connectivity index (χ2v) is 20.9. The van der Waals surface area contributed by atoms with Gasteiger partial charge in [-0.3, -0.25) is 23.2 Å². The summed E-state index contributed by atoms with van der Waals surface area (Å²) in [5, 5.41) is 29.7. The number of hydrogen-bond acceptors (Lipinski definition) is 16. The van der Waals surface area contributed by atoms with Gasteiger partial charge in [-0.15, -0.1) is 0 Å². The highest BCUT2D eigenvalue weighted by Crippen LogP contribution is 2.60. The Bertz CT molecular complexity index is 1880. The lowest BCUT2D eigenvalue weighted by Gasteiger charge is -2.21. The van der Waals surface area contributed by atoms with Gasteiger partial charge in [-0.25, -0.2) is 13.9 Å². The number of aliphatic hydroxyl groups excluding tert-OH is 3. The van der Waals surface area contributed by atoms with Crippen molar-refractivity contribution >= 4 is 33.4 Å². The number of anilines is 1. The number of phosphoric acid groups is 2. The molecule has 400 valence electrons.